The number of ketones is 2. The molecule has 0 aromatic rings. The SMILES string of the molecule is CC(=O)O[C@H]1C[C@@]2(C)[C@@H](C[C@@H](C)[C@@H]2C(=O)C(=O)O)[C@@H]2C[C@H](F)C3=CC(=O)C=C[C@]3(C)[C@H]21. The third-order valence-corrected chi connectivity index (χ3v) is 8.61. The molecule has 4 aliphatic rings. The third kappa shape index (κ3) is 3.11. The number of rotatable bonds is 3. The molecule has 0 bridgehead atoms. The fraction of sp³-hybridized carbons (Fsp3) is 0.667. The van der Waals surface area contributed by atoms with E-state index in [1.165, 1.54) is 19.1 Å². The Morgan fingerprint density at radius 1 is 1.23 bits per heavy atom. The van der Waals surface area contributed by atoms with Gasteiger partial charge in [-0.15, -0.1) is 0 Å². The topological polar surface area (TPSA) is 97.7 Å². The molecule has 3 saturated carbocycles. The van der Waals surface area contributed by atoms with Gasteiger partial charge in [-0.2, -0.15) is 0 Å². The van der Waals surface area contributed by atoms with Gasteiger partial charge in [-0.3, -0.25) is 14.4 Å². The number of ether oxygens (including phenoxy) is 1. The van der Waals surface area contributed by atoms with E-state index in [0.29, 0.717) is 18.4 Å². The molecule has 7 heteroatoms. The van der Waals surface area contributed by atoms with E-state index >= 15 is 4.39 Å². The number of aliphatic carboxylic acids is 1. The van der Waals surface area contributed by atoms with Crippen molar-refractivity contribution in [3.05, 3.63) is 23.8 Å². The number of fused-ring (bicyclic) bond motifs is 5. The van der Waals surface area contributed by atoms with Crippen molar-refractivity contribution < 1.29 is 33.4 Å². The minimum Gasteiger partial charge on any atom is -0.475 e. The summed E-state index contributed by atoms with van der Waals surface area (Å²) in [6.45, 7) is 7.00. The largest absolute Gasteiger partial charge is 0.475 e. The van der Waals surface area contributed by atoms with Gasteiger partial charge in [0.15, 0.2) is 5.78 Å². The summed E-state index contributed by atoms with van der Waals surface area (Å²) < 4.78 is 21.2. The lowest BCUT2D eigenvalue weighted by Gasteiger charge is -2.59. The van der Waals surface area contributed by atoms with Crippen LogP contribution in [0.3, 0.4) is 0 Å². The molecule has 4 rings (SSSR count). The van der Waals surface area contributed by atoms with Crippen LogP contribution in [0.25, 0.3) is 0 Å². The summed E-state index contributed by atoms with van der Waals surface area (Å²) in [7, 11) is 0. The van der Waals surface area contributed by atoms with Crippen molar-refractivity contribution in [2.75, 3.05) is 0 Å². The molecule has 6 nitrogen and oxygen atoms in total. The van der Waals surface area contributed by atoms with Gasteiger partial charge in [0.05, 0.1) is 0 Å². The molecule has 0 heterocycles. The standard InChI is InChI=1S/C24H29FO6/c1-11-7-15-14-9-17(25)16-8-13(27)5-6-23(16,3)20(14)18(31-12(2)26)10-24(15,4)19(11)21(28)22(29)30/h5-6,8,11,14-15,17-20H,7,9-10H2,1-4H3,(H,29,30)/t11-,14+,15+,17+,18+,19-,20-,23+,24+/m1/s1. The summed E-state index contributed by atoms with van der Waals surface area (Å²) in [5.41, 5.74) is -1.07. The molecule has 168 valence electrons. The highest BCUT2D eigenvalue weighted by molar-refractivity contribution is 6.33. The van der Waals surface area contributed by atoms with Crippen LogP contribution >= 0.6 is 0 Å². The average Bonchev–Trinajstić information content (AvgIpc) is 2.92. The molecule has 0 unspecified atom stereocenters. The predicted molar refractivity (Wildman–Crippen MR) is 109 cm³/mol. The highest BCUT2D eigenvalue weighted by Gasteiger charge is 2.67. The van der Waals surface area contributed by atoms with Crippen LogP contribution in [0.5, 0.6) is 0 Å². The second-order valence-corrected chi connectivity index (χ2v) is 10.3. The van der Waals surface area contributed by atoms with Gasteiger partial charge in [-0.1, -0.05) is 26.8 Å². The summed E-state index contributed by atoms with van der Waals surface area (Å²) in [5.74, 6) is -4.39. The van der Waals surface area contributed by atoms with E-state index < -0.39 is 46.7 Å². The summed E-state index contributed by atoms with van der Waals surface area (Å²) >= 11 is 0. The summed E-state index contributed by atoms with van der Waals surface area (Å²) in [6, 6.07) is 0. The molecule has 9 atom stereocenters. The highest BCUT2D eigenvalue weighted by Crippen LogP contribution is 2.67. The van der Waals surface area contributed by atoms with Gasteiger partial charge in [0.25, 0.3) is 0 Å². The Morgan fingerprint density at radius 2 is 1.90 bits per heavy atom. The number of carboxylic acid groups (broad SMARTS) is 1. The van der Waals surface area contributed by atoms with Crippen molar-refractivity contribution in [2.45, 2.75) is 59.2 Å². The first-order chi connectivity index (χ1) is 14.4. The van der Waals surface area contributed by atoms with Gasteiger partial charge in [0.2, 0.25) is 5.78 Å². The van der Waals surface area contributed by atoms with E-state index in [2.05, 4.69) is 0 Å². The van der Waals surface area contributed by atoms with Crippen LogP contribution in [0.2, 0.25) is 0 Å². The fourth-order valence-corrected chi connectivity index (χ4v) is 7.68. The molecular formula is C24H29FO6. The molecule has 0 amide bonds. The van der Waals surface area contributed by atoms with Gasteiger partial charge >= 0.3 is 11.9 Å². The number of hydrogen-bond donors (Lipinski definition) is 1. The first-order valence-corrected chi connectivity index (χ1v) is 10.9. The van der Waals surface area contributed by atoms with Crippen LogP contribution in [-0.2, 0) is 23.9 Å². The predicted octanol–water partition coefficient (Wildman–Crippen LogP) is 3.30. The highest BCUT2D eigenvalue weighted by atomic mass is 19.1. The van der Waals surface area contributed by atoms with Crippen molar-refractivity contribution in [1.29, 1.82) is 0 Å². The van der Waals surface area contributed by atoms with Crippen LogP contribution in [0.4, 0.5) is 4.39 Å². The Balaban J connectivity index is 1.83. The normalized spacial score (nSPS) is 45.8. The van der Waals surface area contributed by atoms with E-state index in [1.807, 2.05) is 20.8 Å². The van der Waals surface area contributed by atoms with Gasteiger partial charge in [-0.05, 0) is 60.2 Å². The zero-order valence-corrected chi connectivity index (χ0v) is 18.3. The Bertz CT molecular complexity index is 921. The zero-order valence-electron chi connectivity index (χ0n) is 18.3. The van der Waals surface area contributed by atoms with E-state index in [4.69, 9.17) is 4.74 Å². The molecule has 1 N–H and O–H groups in total. The minimum atomic E-state index is -1.46. The van der Waals surface area contributed by atoms with Crippen molar-refractivity contribution in [3.8, 4) is 0 Å². The van der Waals surface area contributed by atoms with Gasteiger partial charge in [-0.25, -0.2) is 9.18 Å². The Labute approximate surface area is 180 Å². The first-order valence-electron chi connectivity index (χ1n) is 10.9. The molecule has 0 aromatic carbocycles. The van der Waals surface area contributed by atoms with Gasteiger partial charge in [0, 0.05) is 24.2 Å². The fourth-order valence-electron chi connectivity index (χ4n) is 7.68. The summed E-state index contributed by atoms with van der Waals surface area (Å²) in [5, 5.41) is 9.43. The average molecular weight is 432 g/mol. The van der Waals surface area contributed by atoms with Gasteiger partial charge < -0.3 is 9.84 Å². The number of Topliss-reactive ketones (excluding diaryl/α,β-unsaturated/α-hetero) is 1. The smallest absolute Gasteiger partial charge is 0.372 e. The molecular weight excluding hydrogens is 403 g/mol. The second-order valence-electron chi connectivity index (χ2n) is 10.3. The number of halogens is 1. The third-order valence-electron chi connectivity index (χ3n) is 8.61. The maximum atomic E-state index is 15.4. The lowest BCUT2D eigenvalue weighted by Crippen LogP contribution is -2.59. The first kappa shape index (κ1) is 21.9. The summed E-state index contributed by atoms with van der Waals surface area (Å²) in [4.78, 5) is 48.2. The Morgan fingerprint density at radius 3 is 2.52 bits per heavy atom. The monoisotopic (exact) mass is 432 g/mol. The number of hydrogen-bond acceptors (Lipinski definition) is 5. The van der Waals surface area contributed by atoms with E-state index in [9.17, 15) is 24.3 Å². The van der Waals surface area contributed by atoms with Crippen molar-refractivity contribution >= 4 is 23.5 Å². The quantitative estimate of drug-likeness (QED) is 0.543. The Kier molecular flexibility index (Phi) is 5.02. The molecule has 3 fully saturated rings. The van der Waals surface area contributed by atoms with Crippen LogP contribution in [0.1, 0.15) is 47.0 Å². The van der Waals surface area contributed by atoms with Crippen molar-refractivity contribution in [3.63, 3.8) is 0 Å². The second kappa shape index (κ2) is 7.10. The van der Waals surface area contributed by atoms with Crippen LogP contribution in [0.15, 0.2) is 23.8 Å². The maximum Gasteiger partial charge on any atom is 0.372 e. The number of allylic oxidation sites excluding steroid dienone is 4. The van der Waals surface area contributed by atoms with E-state index in [0.717, 1.165) is 0 Å². The number of carbonyl (C=O) groups is 4. The van der Waals surface area contributed by atoms with Crippen LogP contribution in [-0.4, -0.2) is 40.9 Å². The number of alkyl halides is 1. The van der Waals surface area contributed by atoms with Crippen LogP contribution in [0, 0.1) is 40.4 Å². The van der Waals surface area contributed by atoms with E-state index in [1.54, 1.807) is 6.08 Å². The molecule has 0 radical (unpaired) electrons. The summed E-state index contributed by atoms with van der Waals surface area (Å²) in [6.07, 6.45) is 3.78. The molecule has 0 aliphatic heterocycles. The molecule has 31 heavy (non-hydrogen) atoms. The molecule has 4 aliphatic carbocycles. The molecule has 0 spiro atoms. The molecule has 0 aromatic heterocycles. The van der Waals surface area contributed by atoms with Gasteiger partial charge in [0.1, 0.15) is 12.3 Å². The number of carbonyl (C=O) groups excluding carboxylic acids is 3. The minimum absolute atomic E-state index is 0.0738. The lowest BCUT2D eigenvalue weighted by molar-refractivity contribution is -0.175. The Hall–Kier alpha value is -2.31. The van der Waals surface area contributed by atoms with Crippen molar-refractivity contribution in [1.82, 2.24) is 0 Å². The van der Waals surface area contributed by atoms with E-state index in [-0.39, 0.29) is 35.9 Å². The number of esters is 1. The lowest BCUT2D eigenvalue weighted by atomic mass is 9.46. The number of carboxylic acids is 1. The zero-order chi connectivity index (χ0) is 22.9. The van der Waals surface area contributed by atoms with Crippen molar-refractivity contribution in [2.24, 2.45) is 40.4 Å². The maximum absolute atomic E-state index is 15.4. The molecule has 0 saturated heterocycles. The van der Waals surface area contributed by atoms with Crippen LogP contribution < -0.4 is 0 Å².